The Labute approximate surface area is 116 Å². The van der Waals surface area contributed by atoms with E-state index in [2.05, 4.69) is 0 Å². The van der Waals surface area contributed by atoms with Crippen molar-refractivity contribution in [2.24, 2.45) is 0 Å². The quantitative estimate of drug-likeness (QED) is 0.271. The summed E-state index contributed by atoms with van der Waals surface area (Å²) in [6, 6.07) is 0. The van der Waals surface area contributed by atoms with Crippen molar-refractivity contribution < 1.29 is 49.5 Å². The van der Waals surface area contributed by atoms with Gasteiger partial charge in [-0.15, -0.1) is 0 Å². The summed E-state index contributed by atoms with van der Waals surface area (Å²) in [5.41, 5.74) is 0. The fourth-order valence-corrected chi connectivity index (χ4v) is 0. The minimum atomic E-state index is 0. The van der Waals surface area contributed by atoms with Crippen LogP contribution in [-0.2, 0) is 49.5 Å². The van der Waals surface area contributed by atoms with Gasteiger partial charge in [-0.1, -0.05) is 0 Å². The van der Waals surface area contributed by atoms with E-state index in [1.807, 2.05) is 0 Å². The van der Waals surface area contributed by atoms with E-state index in [0.29, 0.717) is 0 Å². The van der Waals surface area contributed by atoms with Gasteiger partial charge >= 0.3 is 72.2 Å². The van der Waals surface area contributed by atoms with Crippen molar-refractivity contribution in [2.45, 2.75) is 0 Å². The summed E-state index contributed by atoms with van der Waals surface area (Å²) in [6.07, 6.45) is 0. The predicted octanol–water partition coefficient (Wildman–Crippen LogP) is -3.14. The Morgan fingerprint density at radius 3 is 1.17 bits per heavy atom. The molecule has 0 bridgehead atoms. The van der Waals surface area contributed by atoms with Gasteiger partial charge < -0.3 is 0 Å². The van der Waals surface area contributed by atoms with Crippen molar-refractivity contribution in [1.29, 1.82) is 0 Å². The van der Waals surface area contributed by atoms with Crippen LogP contribution in [-0.4, -0.2) is 69.5 Å². The minimum absolute atomic E-state index is 0. The smallest absolute Gasteiger partial charge is 0 e. The topological polar surface area (TPSA) is 17.1 Å². The molecule has 0 amide bonds. The first-order valence-corrected chi connectivity index (χ1v) is 1.79. The van der Waals surface area contributed by atoms with E-state index < -0.39 is 0 Å². The van der Waals surface area contributed by atoms with Crippen LogP contribution >= 0.6 is 0 Å². The molecule has 0 saturated carbocycles. The molecular formula is H7CdGaOPbSnZn. The van der Waals surface area contributed by atoms with Crippen LogP contribution in [0.5, 0.6) is 0 Å². The standard InChI is InChI=1S/Cd.Ga.O.Pb.Sn.Zn.7H. The van der Waals surface area contributed by atoms with Gasteiger partial charge in [-0.2, -0.15) is 0 Å². The summed E-state index contributed by atoms with van der Waals surface area (Å²) >= 11 is 0.0556. The largest absolute Gasteiger partial charge is 0 e. The predicted molar refractivity (Wildman–Crippen MR) is 27.7 cm³/mol. The fraction of sp³-hybridized carbons (Fsp3) is 0. The Morgan fingerprint density at radius 1 is 1.17 bits per heavy atom. The molecule has 0 spiro atoms. The molecule has 0 atom stereocenters. The summed E-state index contributed by atoms with van der Waals surface area (Å²) in [6.45, 7) is 0. The molecule has 2 radical (unpaired) electrons. The van der Waals surface area contributed by atoms with Gasteiger partial charge in [0, 0.05) is 46.8 Å². The van der Waals surface area contributed by atoms with Crippen molar-refractivity contribution in [3.8, 4) is 0 Å². The van der Waals surface area contributed by atoms with Crippen LogP contribution in [0, 0.1) is 0 Å². The molecule has 0 aromatic carbocycles. The molecule has 0 aliphatic carbocycles. The molecule has 0 aromatic rings. The second-order valence-corrected chi connectivity index (χ2v) is 0. The van der Waals surface area contributed by atoms with E-state index in [-0.39, 0.29) is 116 Å². The van der Waals surface area contributed by atoms with E-state index in [1.54, 1.807) is 0 Å². The number of hydrogen-bond donors (Lipinski definition) is 0. The first-order chi connectivity index (χ1) is 1.00. The molecule has 0 fully saturated rings. The maximum Gasteiger partial charge on any atom is 0 e. The molecule has 6 heavy (non-hydrogen) atoms. The van der Waals surface area contributed by atoms with Crippen LogP contribution in [0.3, 0.4) is 0 Å². The van der Waals surface area contributed by atoms with Gasteiger partial charge in [-0.3, -0.25) is 0 Å². The van der Waals surface area contributed by atoms with Crippen molar-refractivity contribution >= 4 is 69.5 Å². The second kappa shape index (κ2) is 37.7. The Balaban J connectivity index is -0.000000000833. The average molecular weight is 596 g/mol. The van der Waals surface area contributed by atoms with Gasteiger partial charge in [0.25, 0.3) is 0 Å². The van der Waals surface area contributed by atoms with Gasteiger partial charge in [0.2, 0.25) is 0 Å². The molecule has 0 aliphatic heterocycles. The van der Waals surface area contributed by atoms with Crippen LogP contribution < -0.4 is 0 Å². The molecule has 0 aromatic heterocycles. The van der Waals surface area contributed by atoms with Crippen molar-refractivity contribution in [1.82, 2.24) is 0 Å². The van der Waals surface area contributed by atoms with Gasteiger partial charge in [-0.25, -0.2) is 0 Å². The van der Waals surface area contributed by atoms with Crippen LogP contribution in [0.25, 0.3) is 0 Å². The number of rotatable bonds is 0. The molecule has 0 aliphatic rings. The van der Waals surface area contributed by atoms with Crippen molar-refractivity contribution in [3.05, 3.63) is 0 Å². The molecule has 0 saturated heterocycles. The molecule has 0 heterocycles. The first kappa shape index (κ1) is 33.2. The normalized spacial score (nSPS) is 0.667. The maximum atomic E-state index is 8.39. The molecule has 0 rings (SSSR count). The Bertz CT molecular complexity index is 15.5. The molecule has 28 valence electrons. The first-order valence-electron chi connectivity index (χ1n) is 0.204. The summed E-state index contributed by atoms with van der Waals surface area (Å²) < 4.78 is 8.39. The fourth-order valence-electron chi connectivity index (χ4n) is 0. The van der Waals surface area contributed by atoms with Crippen molar-refractivity contribution in [3.63, 3.8) is 0 Å². The Hall–Kier alpha value is 3.70. The van der Waals surface area contributed by atoms with Gasteiger partial charge in [0.05, 0.1) is 0 Å². The molecule has 6 heteroatoms. The Morgan fingerprint density at radius 2 is 1.17 bits per heavy atom. The van der Waals surface area contributed by atoms with Crippen LogP contribution in [0.4, 0.5) is 0 Å². The second-order valence-electron chi connectivity index (χ2n) is 0. The van der Waals surface area contributed by atoms with Gasteiger partial charge in [-0.05, 0) is 0 Å². The zero-order valence-corrected chi connectivity index (χ0v) is 13.2. The average Bonchev–Trinajstić information content (AvgIpc) is 1.00. The monoisotopic (exact) mass is 598 g/mol. The SMILES string of the molecule is [Cd].[GaH3].[O]=[Pb].[SnH4].[Zn]. The molecular weight excluding hydrogens is 589 g/mol. The van der Waals surface area contributed by atoms with Crippen LogP contribution in [0.15, 0.2) is 0 Å². The third-order valence-electron chi connectivity index (χ3n) is 0. The van der Waals surface area contributed by atoms with Gasteiger partial charge in [0.1, 0.15) is 0 Å². The van der Waals surface area contributed by atoms with E-state index >= 15 is 0 Å². The van der Waals surface area contributed by atoms with Crippen LogP contribution in [0.1, 0.15) is 0 Å². The number of hydrogen-bond acceptors (Lipinski definition) is 1. The van der Waals surface area contributed by atoms with E-state index in [0.717, 1.165) is 0 Å². The third kappa shape index (κ3) is 25.2. The van der Waals surface area contributed by atoms with Crippen molar-refractivity contribution in [2.75, 3.05) is 0 Å². The van der Waals surface area contributed by atoms with E-state index in [9.17, 15) is 0 Å². The zero-order chi connectivity index (χ0) is 2.00. The van der Waals surface area contributed by atoms with Crippen LogP contribution in [0.2, 0.25) is 0 Å². The summed E-state index contributed by atoms with van der Waals surface area (Å²) in [5.74, 6) is 0. The van der Waals surface area contributed by atoms with E-state index in [4.69, 9.17) is 2.69 Å². The zero-order valence-electron chi connectivity index (χ0n) is 2.32. The molecule has 1 nitrogen and oxygen atoms in total. The summed E-state index contributed by atoms with van der Waals surface area (Å²) in [5, 5.41) is 0. The minimum Gasteiger partial charge on any atom is 0 e. The molecule has 0 unspecified atom stereocenters. The third-order valence-corrected chi connectivity index (χ3v) is 0. The molecule has 0 N–H and O–H groups in total. The summed E-state index contributed by atoms with van der Waals surface area (Å²) in [7, 11) is 0. The Kier molecular flexibility index (Phi) is 209. The van der Waals surface area contributed by atoms with E-state index in [1.165, 1.54) is 0 Å². The van der Waals surface area contributed by atoms with Gasteiger partial charge in [0.15, 0.2) is 0 Å². The summed E-state index contributed by atoms with van der Waals surface area (Å²) in [4.78, 5) is 0. The maximum absolute atomic E-state index is 8.39.